The van der Waals surface area contributed by atoms with Gasteiger partial charge in [-0.2, -0.15) is 21.4 Å². The van der Waals surface area contributed by atoms with Crippen molar-refractivity contribution in [2.75, 3.05) is 6.61 Å². The lowest BCUT2D eigenvalue weighted by atomic mass is 9.81. The molecule has 0 spiro atoms. The van der Waals surface area contributed by atoms with Crippen LogP contribution in [-0.4, -0.2) is 44.3 Å². The molecular weight excluding hydrogens is 420 g/mol. The number of nitrogens with zero attached hydrogens (tertiary/aromatic N) is 3. The van der Waals surface area contributed by atoms with Gasteiger partial charge in [-0.1, -0.05) is 0 Å². The Morgan fingerprint density at radius 1 is 1.35 bits per heavy atom. The highest BCUT2D eigenvalue weighted by Gasteiger charge is 2.37. The first kappa shape index (κ1) is 20.6. The number of nitrogens with one attached hydrogen (secondary N) is 1. The van der Waals surface area contributed by atoms with Crippen molar-refractivity contribution < 1.29 is 24.5 Å². The first-order valence-electron chi connectivity index (χ1n) is 9.52. The second-order valence-electron chi connectivity index (χ2n) is 7.01. The summed E-state index contributed by atoms with van der Waals surface area (Å²) < 4.78 is 7.09. The Kier molecular flexibility index (Phi) is 5.47. The number of aromatic carboxylic acids is 1. The van der Waals surface area contributed by atoms with Crippen LogP contribution in [0.15, 0.2) is 46.3 Å². The van der Waals surface area contributed by atoms with E-state index >= 15 is 0 Å². The third kappa shape index (κ3) is 3.89. The number of carbonyl (C=O) groups excluding carboxylic acids is 1. The highest BCUT2D eigenvalue weighted by Crippen LogP contribution is 2.40. The van der Waals surface area contributed by atoms with Crippen LogP contribution in [0.4, 0.5) is 4.79 Å². The predicted octanol–water partition coefficient (Wildman–Crippen LogP) is 3.32. The maximum atomic E-state index is 12.5. The van der Waals surface area contributed by atoms with Crippen LogP contribution in [0.3, 0.4) is 0 Å². The van der Waals surface area contributed by atoms with Gasteiger partial charge in [-0.3, -0.25) is 4.68 Å². The van der Waals surface area contributed by atoms with E-state index in [0.717, 1.165) is 11.1 Å². The molecule has 0 saturated carbocycles. The summed E-state index contributed by atoms with van der Waals surface area (Å²) in [6.07, 6.45) is 3.50. The lowest BCUT2D eigenvalue weighted by Crippen LogP contribution is -2.39. The van der Waals surface area contributed by atoms with Gasteiger partial charge in [0.25, 0.3) is 0 Å². The molecule has 0 bridgehead atoms. The number of ether oxygens (including phenoxy) is 1. The average Bonchev–Trinajstić information content (AvgIpc) is 3.40. The number of hydrogen-bond acceptors (Lipinski definition) is 6. The van der Waals surface area contributed by atoms with E-state index in [2.05, 4.69) is 15.4 Å². The van der Waals surface area contributed by atoms with Crippen LogP contribution in [0.25, 0.3) is 0 Å². The second-order valence-corrected chi connectivity index (χ2v) is 7.79. The van der Waals surface area contributed by atoms with Crippen molar-refractivity contribution in [2.45, 2.75) is 18.9 Å². The minimum atomic E-state index is -1.31. The lowest BCUT2D eigenvalue weighted by molar-refractivity contribution is 0.0692. The molecule has 31 heavy (non-hydrogen) atoms. The summed E-state index contributed by atoms with van der Waals surface area (Å²) in [5.74, 6) is -2.14. The SMILES string of the molecule is CCOc1cc(C2=NC(=O)NC(c3cnn(C)c3)C2c2ccsc2)cc(C(=O)O)c1O. The summed E-state index contributed by atoms with van der Waals surface area (Å²) in [5, 5.41) is 30.9. The summed E-state index contributed by atoms with van der Waals surface area (Å²) in [5.41, 5.74) is 2.16. The molecule has 0 radical (unpaired) electrons. The van der Waals surface area contributed by atoms with Crippen LogP contribution in [0.5, 0.6) is 11.5 Å². The number of aromatic hydroxyl groups is 1. The van der Waals surface area contributed by atoms with E-state index in [4.69, 9.17) is 4.74 Å². The van der Waals surface area contributed by atoms with E-state index in [-0.39, 0.29) is 17.9 Å². The molecule has 4 rings (SSSR count). The smallest absolute Gasteiger partial charge is 0.341 e. The molecule has 9 nitrogen and oxygen atoms in total. The van der Waals surface area contributed by atoms with E-state index in [0.29, 0.717) is 11.3 Å². The van der Waals surface area contributed by atoms with Gasteiger partial charge in [-0.15, -0.1) is 0 Å². The largest absolute Gasteiger partial charge is 0.504 e. The van der Waals surface area contributed by atoms with E-state index in [1.807, 2.05) is 23.0 Å². The average molecular weight is 440 g/mol. The van der Waals surface area contributed by atoms with Gasteiger partial charge in [0.1, 0.15) is 5.56 Å². The van der Waals surface area contributed by atoms with E-state index in [1.165, 1.54) is 23.5 Å². The summed E-state index contributed by atoms with van der Waals surface area (Å²) in [4.78, 5) is 28.5. The third-order valence-corrected chi connectivity index (χ3v) is 5.72. The van der Waals surface area contributed by atoms with Crippen molar-refractivity contribution in [2.24, 2.45) is 12.0 Å². The quantitative estimate of drug-likeness (QED) is 0.540. The van der Waals surface area contributed by atoms with Crippen molar-refractivity contribution in [3.05, 3.63) is 63.6 Å². The minimum Gasteiger partial charge on any atom is -0.504 e. The zero-order valence-corrected chi connectivity index (χ0v) is 17.6. The molecule has 0 fully saturated rings. The van der Waals surface area contributed by atoms with Crippen molar-refractivity contribution in [3.63, 3.8) is 0 Å². The van der Waals surface area contributed by atoms with E-state index < -0.39 is 29.7 Å². The molecular formula is C21H20N4O5S. The molecule has 2 aromatic heterocycles. The summed E-state index contributed by atoms with van der Waals surface area (Å²) in [7, 11) is 1.79. The van der Waals surface area contributed by atoms with Crippen molar-refractivity contribution in [1.82, 2.24) is 15.1 Å². The Balaban J connectivity index is 1.91. The van der Waals surface area contributed by atoms with Crippen LogP contribution in [0, 0.1) is 0 Å². The molecule has 0 saturated heterocycles. The highest BCUT2D eigenvalue weighted by molar-refractivity contribution is 7.08. The third-order valence-electron chi connectivity index (χ3n) is 5.02. The Morgan fingerprint density at radius 3 is 2.77 bits per heavy atom. The number of carbonyl (C=O) groups is 2. The molecule has 10 heteroatoms. The topological polar surface area (TPSA) is 126 Å². The monoisotopic (exact) mass is 440 g/mol. The molecule has 3 N–H and O–H groups in total. The van der Waals surface area contributed by atoms with Crippen molar-refractivity contribution in [3.8, 4) is 11.5 Å². The number of carboxylic acid groups (broad SMARTS) is 1. The summed E-state index contributed by atoms with van der Waals surface area (Å²) >= 11 is 1.51. The van der Waals surface area contributed by atoms with Gasteiger partial charge in [0, 0.05) is 24.4 Å². The molecule has 1 aromatic carbocycles. The normalized spacial score (nSPS) is 18.4. The molecule has 160 valence electrons. The van der Waals surface area contributed by atoms with Gasteiger partial charge in [0.05, 0.1) is 30.5 Å². The minimum absolute atomic E-state index is 0.0214. The number of benzene rings is 1. The van der Waals surface area contributed by atoms with E-state index in [1.54, 1.807) is 24.9 Å². The van der Waals surface area contributed by atoms with Crippen LogP contribution in [0.1, 0.15) is 45.9 Å². The van der Waals surface area contributed by atoms with Gasteiger partial charge < -0.3 is 20.3 Å². The number of urea groups is 1. The number of aromatic nitrogens is 2. The zero-order valence-electron chi connectivity index (χ0n) is 16.8. The summed E-state index contributed by atoms with van der Waals surface area (Å²) in [6, 6.07) is 3.77. The van der Waals surface area contributed by atoms with Crippen molar-refractivity contribution >= 4 is 29.0 Å². The number of carboxylic acids is 1. The standard InChI is InChI=1S/C21H20N4O5S/c1-3-30-15-7-12(6-14(19(15)26)20(27)28)17-16(11-4-5-31-10-11)18(24-21(29)23-17)13-8-22-25(2)9-13/h4-10,16,18,26H,3H2,1-2H3,(H,24,29)(H,27,28). The molecule has 1 aliphatic rings. The fraction of sp³-hybridized carbons (Fsp3) is 0.238. The maximum Gasteiger partial charge on any atom is 0.341 e. The fourth-order valence-corrected chi connectivity index (χ4v) is 4.39. The number of hydrogen-bond donors (Lipinski definition) is 3. The molecule has 2 atom stereocenters. The fourth-order valence-electron chi connectivity index (χ4n) is 3.69. The van der Waals surface area contributed by atoms with Crippen LogP contribution in [-0.2, 0) is 7.05 Å². The number of aliphatic imine (C=N–C) groups is 1. The van der Waals surface area contributed by atoms with Crippen molar-refractivity contribution in [1.29, 1.82) is 0 Å². The second kappa shape index (κ2) is 8.23. The molecule has 3 aromatic rings. The highest BCUT2D eigenvalue weighted by atomic mass is 32.1. The predicted molar refractivity (Wildman–Crippen MR) is 114 cm³/mol. The summed E-state index contributed by atoms with van der Waals surface area (Å²) in [6.45, 7) is 1.96. The van der Waals surface area contributed by atoms with Gasteiger partial charge in [-0.05, 0) is 41.4 Å². The number of phenols is 1. The number of amides is 2. The number of aryl methyl sites for hydroxylation is 1. The first-order valence-corrected chi connectivity index (χ1v) is 10.5. The van der Waals surface area contributed by atoms with Gasteiger partial charge in [0.2, 0.25) is 0 Å². The van der Waals surface area contributed by atoms with Crippen LogP contribution < -0.4 is 10.1 Å². The zero-order chi connectivity index (χ0) is 22.1. The first-order chi connectivity index (χ1) is 14.9. The Labute approximate surface area is 181 Å². The Hall–Kier alpha value is -3.66. The van der Waals surface area contributed by atoms with Gasteiger partial charge in [0.15, 0.2) is 11.5 Å². The maximum absolute atomic E-state index is 12.5. The molecule has 2 amide bonds. The molecule has 2 unspecified atom stereocenters. The van der Waals surface area contributed by atoms with Gasteiger partial charge >= 0.3 is 12.0 Å². The van der Waals surface area contributed by atoms with Gasteiger partial charge in [-0.25, -0.2) is 9.59 Å². The van der Waals surface area contributed by atoms with E-state index in [9.17, 15) is 19.8 Å². The van der Waals surface area contributed by atoms with Crippen LogP contribution >= 0.6 is 11.3 Å². The lowest BCUT2D eigenvalue weighted by Gasteiger charge is -2.32. The molecule has 0 aliphatic carbocycles. The Bertz CT molecular complexity index is 1170. The Morgan fingerprint density at radius 2 is 2.16 bits per heavy atom. The van der Waals surface area contributed by atoms with Crippen LogP contribution in [0.2, 0.25) is 0 Å². The number of thiophene rings is 1. The number of rotatable bonds is 6. The molecule has 3 heterocycles. The molecule has 1 aliphatic heterocycles.